The van der Waals surface area contributed by atoms with Crippen LogP contribution in [0.2, 0.25) is 0 Å². The summed E-state index contributed by atoms with van der Waals surface area (Å²) in [5.74, 6) is 0. The molecule has 1 rings (SSSR count). The Morgan fingerprint density at radius 3 is 2.57 bits per heavy atom. The van der Waals surface area contributed by atoms with Crippen LogP contribution in [0.15, 0.2) is 0 Å². The normalized spacial score (nSPS) is 17.4. The highest BCUT2D eigenvalue weighted by Crippen LogP contribution is 2.06. The molecule has 1 heterocycles. The van der Waals surface area contributed by atoms with Gasteiger partial charge in [-0.3, -0.25) is 0 Å². The van der Waals surface area contributed by atoms with Crippen molar-refractivity contribution in [2.24, 2.45) is 0 Å². The number of hydrogen-bond donors (Lipinski definition) is 2. The van der Waals surface area contributed by atoms with Crippen LogP contribution in [0.4, 0.5) is 0 Å². The first-order chi connectivity index (χ1) is 10.3. The Kier molecular flexibility index (Phi) is 12.1. The molecule has 4 nitrogen and oxygen atoms in total. The van der Waals surface area contributed by atoms with Gasteiger partial charge in [-0.2, -0.15) is 0 Å². The number of rotatable bonds is 14. The molecule has 0 saturated carbocycles. The van der Waals surface area contributed by atoms with Crippen molar-refractivity contribution in [1.29, 1.82) is 0 Å². The van der Waals surface area contributed by atoms with Crippen LogP contribution in [-0.2, 0) is 4.74 Å². The van der Waals surface area contributed by atoms with Crippen LogP contribution >= 0.6 is 0 Å². The molecule has 0 aromatic heterocycles. The van der Waals surface area contributed by atoms with E-state index in [-0.39, 0.29) is 6.10 Å². The van der Waals surface area contributed by atoms with E-state index in [9.17, 15) is 5.11 Å². The largest absolute Gasteiger partial charge is 0.389 e. The Morgan fingerprint density at radius 2 is 1.81 bits per heavy atom. The van der Waals surface area contributed by atoms with Crippen molar-refractivity contribution in [2.45, 2.75) is 64.4 Å². The molecule has 1 saturated heterocycles. The number of aliphatic hydroxyl groups excluding tert-OH is 1. The topological polar surface area (TPSA) is 44.7 Å². The van der Waals surface area contributed by atoms with Crippen LogP contribution in [0.3, 0.4) is 0 Å². The molecule has 0 aromatic carbocycles. The van der Waals surface area contributed by atoms with Crippen molar-refractivity contribution >= 4 is 0 Å². The number of nitrogens with one attached hydrogen (secondary N) is 1. The Morgan fingerprint density at radius 1 is 1.10 bits per heavy atom. The van der Waals surface area contributed by atoms with E-state index < -0.39 is 0 Å². The first-order valence-electron chi connectivity index (χ1n) is 9.01. The third-order valence-corrected chi connectivity index (χ3v) is 4.14. The third kappa shape index (κ3) is 11.1. The molecule has 1 unspecified atom stereocenters. The standard InChI is InChI=1S/C17H36N2O2/c1-2-3-4-5-6-9-14-21-16-17(20)15-18-10-13-19-11-7-8-12-19/h17-18,20H,2-16H2,1H3. The van der Waals surface area contributed by atoms with Crippen LogP contribution in [0.25, 0.3) is 0 Å². The first-order valence-corrected chi connectivity index (χ1v) is 9.01. The fourth-order valence-electron chi connectivity index (χ4n) is 2.77. The van der Waals surface area contributed by atoms with E-state index in [2.05, 4.69) is 17.1 Å². The smallest absolute Gasteiger partial charge is 0.0897 e. The summed E-state index contributed by atoms with van der Waals surface area (Å²) in [5, 5.41) is 13.1. The van der Waals surface area contributed by atoms with E-state index in [0.717, 1.165) is 26.1 Å². The second-order valence-electron chi connectivity index (χ2n) is 6.25. The maximum atomic E-state index is 9.81. The SMILES string of the molecule is CCCCCCCCOCC(O)CNCCN1CCCC1. The van der Waals surface area contributed by atoms with E-state index in [1.54, 1.807) is 0 Å². The summed E-state index contributed by atoms with van der Waals surface area (Å²) in [4.78, 5) is 2.48. The van der Waals surface area contributed by atoms with Gasteiger partial charge in [0.2, 0.25) is 0 Å². The fraction of sp³-hybridized carbons (Fsp3) is 1.00. The zero-order valence-electron chi connectivity index (χ0n) is 14.0. The first kappa shape index (κ1) is 18.9. The van der Waals surface area contributed by atoms with Gasteiger partial charge in [0.25, 0.3) is 0 Å². The van der Waals surface area contributed by atoms with Crippen LogP contribution in [-0.4, -0.2) is 62.0 Å². The molecule has 2 N–H and O–H groups in total. The number of unbranched alkanes of at least 4 members (excludes halogenated alkanes) is 5. The van der Waals surface area contributed by atoms with Gasteiger partial charge in [-0.15, -0.1) is 0 Å². The van der Waals surface area contributed by atoms with Gasteiger partial charge in [-0.1, -0.05) is 39.0 Å². The molecule has 0 radical (unpaired) electrons. The number of nitrogens with zero attached hydrogens (tertiary/aromatic N) is 1. The molecule has 126 valence electrons. The molecule has 1 fully saturated rings. The van der Waals surface area contributed by atoms with Crippen LogP contribution < -0.4 is 5.32 Å². The summed E-state index contributed by atoms with van der Waals surface area (Å²) in [6.45, 7) is 8.69. The van der Waals surface area contributed by atoms with Crippen LogP contribution in [0, 0.1) is 0 Å². The predicted octanol–water partition coefficient (Wildman–Crippen LogP) is 2.41. The maximum absolute atomic E-state index is 9.81. The molecule has 0 aliphatic carbocycles. The molecule has 0 spiro atoms. The summed E-state index contributed by atoms with van der Waals surface area (Å²) in [7, 11) is 0. The van der Waals surface area contributed by atoms with Gasteiger partial charge in [0.1, 0.15) is 0 Å². The van der Waals surface area contributed by atoms with Crippen molar-refractivity contribution in [1.82, 2.24) is 10.2 Å². The molecular formula is C17H36N2O2. The maximum Gasteiger partial charge on any atom is 0.0897 e. The summed E-state index contributed by atoms with van der Waals surface area (Å²) >= 11 is 0. The zero-order chi connectivity index (χ0) is 15.2. The zero-order valence-corrected chi connectivity index (χ0v) is 14.0. The lowest BCUT2D eigenvalue weighted by Crippen LogP contribution is -2.35. The second kappa shape index (κ2) is 13.5. The quantitative estimate of drug-likeness (QED) is 0.484. The molecule has 0 aromatic rings. The highest BCUT2D eigenvalue weighted by Gasteiger charge is 2.10. The van der Waals surface area contributed by atoms with Gasteiger partial charge < -0.3 is 20.1 Å². The minimum Gasteiger partial charge on any atom is -0.389 e. The monoisotopic (exact) mass is 300 g/mol. The third-order valence-electron chi connectivity index (χ3n) is 4.14. The fourth-order valence-corrected chi connectivity index (χ4v) is 2.77. The molecule has 0 bridgehead atoms. The molecule has 0 amide bonds. The lowest BCUT2D eigenvalue weighted by Gasteiger charge is -2.16. The number of ether oxygens (including phenoxy) is 1. The summed E-state index contributed by atoms with van der Waals surface area (Å²) < 4.78 is 5.53. The average molecular weight is 300 g/mol. The van der Waals surface area contributed by atoms with Crippen molar-refractivity contribution < 1.29 is 9.84 Å². The molecule has 21 heavy (non-hydrogen) atoms. The van der Waals surface area contributed by atoms with E-state index in [1.807, 2.05) is 0 Å². The van der Waals surface area contributed by atoms with Crippen molar-refractivity contribution in [2.75, 3.05) is 45.9 Å². The molecule has 1 aliphatic rings. The van der Waals surface area contributed by atoms with E-state index in [1.165, 1.54) is 58.0 Å². The van der Waals surface area contributed by atoms with Crippen LogP contribution in [0.5, 0.6) is 0 Å². The van der Waals surface area contributed by atoms with Gasteiger partial charge in [0.05, 0.1) is 12.7 Å². The summed E-state index contributed by atoms with van der Waals surface area (Å²) in [6, 6.07) is 0. The van der Waals surface area contributed by atoms with Gasteiger partial charge >= 0.3 is 0 Å². The van der Waals surface area contributed by atoms with E-state index >= 15 is 0 Å². The van der Waals surface area contributed by atoms with Gasteiger partial charge in [-0.05, 0) is 32.4 Å². The molecule has 4 heteroatoms. The summed E-state index contributed by atoms with van der Waals surface area (Å²) in [5.41, 5.74) is 0. The Bertz CT molecular complexity index is 221. The van der Waals surface area contributed by atoms with Crippen molar-refractivity contribution in [3.63, 3.8) is 0 Å². The average Bonchev–Trinajstić information content (AvgIpc) is 3.00. The van der Waals surface area contributed by atoms with Crippen molar-refractivity contribution in [3.05, 3.63) is 0 Å². The predicted molar refractivity (Wildman–Crippen MR) is 88.7 cm³/mol. The molecule has 1 aliphatic heterocycles. The van der Waals surface area contributed by atoms with E-state index in [4.69, 9.17) is 4.74 Å². The number of aliphatic hydroxyl groups is 1. The minimum absolute atomic E-state index is 0.372. The highest BCUT2D eigenvalue weighted by molar-refractivity contribution is 4.67. The molecule has 1 atom stereocenters. The minimum atomic E-state index is -0.372. The van der Waals surface area contributed by atoms with Gasteiger partial charge in [0.15, 0.2) is 0 Å². The Labute approximate surface area is 131 Å². The molecular weight excluding hydrogens is 264 g/mol. The number of hydrogen-bond acceptors (Lipinski definition) is 4. The van der Waals surface area contributed by atoms with Crippen LogP contribution in [0.1, 0.15) is 58.3 Å². The van der Waals surface area contributed by atoms with Gasteiger partial charge in [0, 0.05) is 26.2 Å². The van der Waals surface area contributed by atoms with Gasteiger partial charge in [-0.25, -0.2) is 0 Å². The Balaban J connectivity index is 1.77. The summed E-state index contributed by atoms with van der Waals surface area (Å²) in [6.07, 6.45) is 10.0. The van der Waals surface area contributed by atoms with Crippen molar-refractivity contribution in [3.8, 4) is 0 Å². The number of likely N-dealkylation sites (tertiary alicyclic amines) is 1. The Hall–Kier alpha value is -0.160. The lowest BCUT2D eigenvalue weighted by atomic mass is 10.1. The highest BCUT2D eigenvalue weighted by atomic mass is 16.5. The second-order valence-corrected chi connectivity index (χ2v) is 6.25. The lowest BCUT2D eigenvalue weighted by molar-refractivity contribution is 0.0353. The van der Waals surface area contributed by atoms with E-state index in [0.29, 0.717) is 13.2 Å².